The van der Waals surface area contributed by atoms with Crippen molar-refractivity contribution in [2.75, 3.05) is 18.4 Å². The minimum absolute atomic E-state index is 0.107. The molecule has 1 aliphatic heterocycles. The second-order valence-corrected chi connectivity index (χ2v) is 8.68. The number of hydrogen-bond acceptors (Lipinski definition) is 5. The molecule has 0 unspecified atom stereocenters. The number of anilines is 1. The van der Waals surface area contributed by atoms with Gasteiger partial charge in [0.2, 0.25) is 0 Å². The van der Waals surface area contributed by atoms with Crippen LogP contribution >= 0.6 is 0 Å². The third-order valence-corrected chi connectivity index (χ3v) is 6.18. The van der Waals surface area contributed by atoms with Crippen LogP contribution in [0.15, 0.2) is 55.1 Å². The van der Waals surface area contributed by atoms with E-state index in [1.165, 1.54) is 12.4 Å². The predicted octanol–water partition coefficient (Wildman–Crippen LogP) is 4.81. The van der Waals surface area contributed by atoms with E-state index in [-0.39, 0.29) is 18.7 Å². The van der Waals surface area contributed by atoms with Gasteiger partial charge in [-0.3, -0.25) is 14.7 Å². The molecule has 2 N–H and O–H groups in total. The molecule has 34 heavy (non-hydrogen) atoms. The maximum absolute atomic E-state index is 13.5. The summed E-state index contributed by atoms with van der Waals surface area (Å²) in [5.74, 6) is -2.79. The van der Waals surface area contributed by atoms with Crippen molar-refractivity contribution in [3.05, 3.63) is 71.9 Å². The summed E-state index contributed by atoms with van der Waals surface area (Å²) in [7, 11) is 0. The average molecular weight is 463 g/mol. The number of nitrogens with one attached hydrogen (secondary N) is 2. The number of halogens is 2. The topological polar surface area (TPSA) is 86.8 Å². The van der Waals surface area contributed by atoms with Gasteiger partial charge in [0.1, 0.15) is 0 Å². The van der Waals surface area contributed by atoms with Gasteiger partial charge in [-0.1, -0.05) is 6.07 Å². The van der Waals surface area contributed by atoms with Gasteiger partial charge in [0, 0.05) is 67.0 Å². The third kappa shape index (κ3) is 4.65. The van der Waals surface area contributed by atoms with Crippen molar-refractivity contribution in [1.29, 1.82) is 0 Å². The number of alkyl halides is 2. The molecule has 174 valence electrons. The number of amides is 1. The third-order valence-electron chi connectivity index (χ3n) is 6.18. The van der Waals surface area contributed by atoms with Crippen LogP contribution in [0.2, 0.25) is 0 Å². The number of aromatic nitrogens is 4. The number of fused-ring (bicyclic) bond motifs is 1. The van der Waals surface area contributed by atoms with Crippen LogP contribution in [0.25, 0.3) is 22.0 Å². The predicted molar refractivity (Wildman–Crippen MR) is 126 cm³/mol. The maximum atomic E-state index is 13.5. The van der Waals surface area contributed by atoms with Gasteiger partial charge in [-0.05, 0) is 42.3 Å². The highest BCUT2D eigenvalue weighted by molar-refractivity contribution is 6.14. The summed E-state index contributed by atoms with van der Waals surface area (Å²) in [5.41, 5.74) is 5.55. The number of pyridine rings is 1. The number of rotatable bonds is 5. The van der Waals surface area contributed by atoms with Gasteiger partial charge < -0.3 is 10.3 Å². The summed E-state index contributed by atoms with van der Waals surface area (Å²) in [6.07, 6.45) is 6.35. The molecule has 1 aromatic carbocycles. The molecular weight excluding hydrogens is 438 g/mol. The van der Waals surface area contributed by atoms with Crippen molar-refractivity contribution in [3.8, 4) is 11.1 Å². The first-order valence-corrected chi connectivity index (χ1v) is 11.1. The zero-order valence-corrected chi connectivity index (χ0v) is 18.7. The molecule has 5 rings (SSSR count). The molecule has 0 aliphatic carbocycles. The fraction of sp³-hybridized carbons (Fsp3) is 0.280. The molecule has 1 fully saturated rings. The standard InChI is InChI=1S/C25H24F2N6O/c1-16-23(24(34)32-20-4-7-29-30-14-20)21-11-18(2-3-22(21)31-16)19-10-17(12-28-13-19)15-33-8-5-25(26,27)6-9-33/h2-4,7,10-14,31H,5-6,8-9,15H2,1H3,(H,29,32,34). The Bertz CT molecular complexity index is 1330. The summed E-state index contributed by atoms with van der Waals surface area (Å²) in [5, 5.41) is 11.2. The summed E-state index contributed by atoms with van der Waals surface area (Å²) in [6, 6.07) is 9.61. The quantitative estimate of drug-likeness (QED) is 0.444. The van der Waals surface area contributed by atoms with Crippen molar-refractivity contribution >= 4 is 22.5 Å². The number of aromatic amines is 1. The number of likely N-dealkylation sites (tertiary alicyclic amines) is 1. The minimum Gasteiger partial charge on any atom is -0.358 e. The van der Waals surface area contributed by atoms with Crippen molar-refractivity contribution in [3.63, 3.8) is 0 Å². The van der Waals surface area contributed by atoms with Crippen LogP contribution in [0.5, 0.6) is 0 Å². The van der Waals surface area contributed by atoms with E-state index < -0.39 is 5.92 Å². The van der Waals surface area contributed by atoms with E-state index in [0.29, 0.717) is 30.9 Å². The number of piperidine rings is 1. The molecule has 0 saturated carbocycles. The molecule has 4 aromatic rings. The van der Waals surface area contributed by atoms with Crippen LogP contribution < -0.4 is 5.32 Å². The van der Waals surface area contributed by atoms with E-state index in [1.54, 1.807) is 18.5 Å². The first-order chi connectivity index (χ1) is 16.4. The molecule has 7 nitrogen and oxygen atoms in total. The van der Waals surface area contributed by atoms with Crippen LogP contribution in [-0.4, -0.2) is 50.0 Å². The van der Waals surface area contributed by atoms with Crippen LogP contribution in [0.4, 0.5) is 14.5 Å². The van der Waals surface area contributed by atoms with Gasteiger partial charge >= 0.3 is 0 Å². The Morgan fingerprint density at radius 1 is 1.09 bits per heavy atom. The van der Waals surface area contributed by atoms with Gasteiger partial charge in [0.25, 0.3) is 11.8 Å². The maximum Gasteiger partial charge on any atom is 0.258 e. The molecule has 4 heterocycles. The van der Waals surface area contributed by atoms with Crippen LogP contribution in [-0.2, 0) is 6.54 Å². The minimum atomic E-state index is -2.56. The van der Waals surface area contributed by atoms with Crippen molar-refractivity contribution < 1.29 is 13.6 Å². The lowest BCUT2D eigenvalue weighted by Gasteiger charge is -2.31. The van der Waals surface area contributed by atoms with Crippen molar-refractivity contribution in [2.24, 2.45) is 0 Å². The monoisotopic (exact) mass is 462 g/mol. The highest BCUT2D eigenvalue weighted by Crippen LogP contribution is 2.31. The highest BCUT2D eigenvalue weighted by Gasteiger charge is 2.33. The first kappa shape index (κ1) is 22.1. The van der Waals surface area contributed by atoms with Crippen molar-refractivity contribution in [2.45, 2.75) is 32.2 Å². The molecule has 0 spiro atoms. The molecule has 1 amide bonds. The Kier molecular flexibility index (Phi) is 5.79. The Hall–Kier alpha value is -3.72. The number of aryl methyl sites for hydroxylation is 1. The normalized spacial score (nSPS) is 16.0. The van der Waals surface area contributed by atoms with E-state index in [2.05, 4.69) is 25.5 Å². The largest absolute Gasteiger partial charge is 0.358 e. The molecule has 0 bridgehead atoms. The smallest absolute Gasteiger partial charge is 0.258 e. The Morgan fingerprint density at radius 2 is 1.91 bits per heavy atom. The summed E-state index contributed by atoms with van der Waals surface area (Å²) in [4.78, 5) is 22.7. The van der Waals surface area contributed by atoms with E-state index in [0.717, 1.165) is 33.3 Å². The second-order valence-electron chi connectivity index (χ2n) is 8.68. The number of carbonyl (C=O) groups excluding carboxylic acids is 1. The van der Waals surface area contributed by atoms with Crippen LogP contribution in [0.1, 0.15) is 34.5 Å². The molecule has 3 aromatic heterocycles. The summed E-state index contributed by atoms with van der Waals surface area (Å²) < 4.78 is 26.9. The van der Waals surface area contributed by atoms with Crippen molar-refractivity contribution in [1.82, 2.24) is 25.1 Å². The molecule has 1 aliphatic rings. The van der Waals surface area contributed by atoms with E-state index in [4.69, 9.17) is 0 Å². The fourth-order valence-corrected chi connectivity index (χ4v) is 4.39. The lowest BCUT2D eigenvalue weighted by atomic mass is 10.0. The molecule has 1 saturated heterocycles. The Labute approximate surface area is 195 Å². The number of hydrogen-bond donors (Lipinski definition) is 2. The number of H-pyrrole nitrogens is 1. The lowest BCUT2D eigenvalue weighted by Crippen LogP contribution is -2.38. The molecule has 0 atom stereocenters. The number of nitrogens with zero attached hydrogens (tertiary/aromatic N) is 4. The average Bonchev–Trinajstić information content (AvgIpc) is 3.16. The zero-order chi connectivity index (χ0) is 23.7. The first-order valence-electron chi connectivity index (χ1n) is 11.1. The van der Waals surface area contributed by atoms with E-state index in [1.807, 2.05) is 36.1 Å². The zero-order valence-electron chi connectivity index (χ0n) is 18.7. The van der Waals surface area contributed by atoms with E-state index >= 15 is 0 Å². The number of benzene rings is 1. The molecule has 0 radical (unpaired) electrons. The van der Waals surface area contributed by atoms with E-state index in [9.17, 15) is 13.6 Å². The fourth-order valence-electron chi connectivity index (χ4n) is 4.39. The van der Waals surface area contributed by atoms with Crippen LogP contribution in [0, 0.1) is 6.92 Å². The number of carbonyl (C=O) groups is 1. The van der Waals surface area contributed by atoms with Gasteiger partial charge in [-0.15, -0.1) is 0 Å². The van der Waals surface area contributed by atoms with Gasteiger partial charge in [-0.2, -0.15) is 10.2 Å². The summed E-state index contributed by atoms with van der Waals surface area (Å²) in [6.45, 7) is 3.19. The molecular formula is C25H24F2N6O. The Morgan fingerprint density at radius 3 is 2.68 bits per heavy atom. The molecule has 9 heteroatoms. The second kappa shape index (κ2) is 8.90. The van der Waals surface area contributed by atoms with Gasteiger partial charge in [0.05, 0.1) is 23.6 Å². The van der Waals surface area contributed by atoms with Crippen LogP contribution in [0.3, 0.4) is 0 Å². The van der Waals surface area contributed by atoms with Gasteiger partial charge in [-0.25, -0.2) is 8.78 Å². The lowest BCUT2D eigenvalue weighted by molar-refractivity contribution is -0.0566. The summed E-state index contributed by atoms with van der Waals surface area (Å²) >= 11 is 0. The highest BCUT2D eigenvalue weighted by atomic mass is 19.3. The Balaban J connectivity index is 1.41. The van der Waals surface area contributed by atoms with Gasteiger partial charge in [0.15, 0.2) is 0 Å². The SMILES string of the molecule is Cc1[nH]c2ccc(-c3cncc(CN4CCC(F)(F)CC4)c3)cc2c1C(=O)Nc1ccnnc1.